The van der Waals surface area contributed by atoms with E-state index in [9.17, 15) is 9.18 Å². The van der Waals surface area contributed by atoms with Crippen molar-refractivity contribution in [2.45, 2.75) is 13.8 Å². The largest absolute Gasteiger partial charge is 0.493 e. The topological polar surface area (TPSA) is 26.3 Å². The first-order valence-electron chi connectivity index (χ1n) is 6.26. The number of ketones is 1. The van der Waals surface area contributed by atoms with Gasteiger partial charge >= 0.3 is 0 Å². The minimum Gasteiger partial charge on any atom is -0.493 e. The lowest BCUT2D eigenvalue weighted by atomic mass is 10.00. The van der Waals surface area contributed by atoms with Crippen LogP contribution in [0.2, 0.25) is 0 Å². The average molecular weight is 337 g/mol. The molecule has 0 saturated carbocycles. The molecule has 0 spiro atoms. The predicted octanol–water partition coefficient (Wildman–Crippen LogP) is 4.53. The molecule has 4 heteroatoms. The Morgan fingerprint density at radius 3 is 2.65 bits per heavy atom. The molecule has 0 fully saturated rings. The molecule has 0 aliphatic heterocycles. The van der Waals surface area contributed by atoms with Gasteiger partial charge < -0.3 is 4.74 Å². The van der Waals surface area contributed by atoms with Crippen molar-refractivity contribution >= 4 is 21.7 Å². The van der Waals surface area contributed by atoms with E-state index in [-0.39, 0.29) is 11.3 Å². The number of benzene rings is 2. The lowest BCUT2D eigenvalue weighted by Gasteiger charge is -2.11. The third kappa shape index (κ3) is 3.07. The molecule has 0 heterocycles. The number of aryl methyl sites for hydroxylation is 1. The molecule has 0 aliphatic rings. The smallest absolute Gasteiger partial charge is 0.199 e. The van der Waals surface area contributed by atoms with Crippen LogP contribution in [0.25, 0.3) is 0 Å². The molecule has 0 amide bonds. The van der Waals surface area contributed by atoms with Gasteiger partial charge in [0, 0.05) is 4.47 Å². The van der Waals surface area contributed by atoms with Gasteiger partial charge in [-0.2, -0.15) is 0 Å². The van der Waals surface area contributed by atoms with Gasteiger partial charge in [-0.1, -0.05) is 27.6 Å². The summed E-state index contributed by atoms with van der Waals surface area (Å²) >= 11 is 3.25. The Hall–Kier alpha value is -1.68. The van der Waals surface area contributed by atoms with Crippen LogP contribution >= 0.6 is 15.9 Å². The Morgan fingerprint density at radius 2 is 1.95 bits per heavy atom. The van der Waals surface area contributed by atoms with Crippen molar-refractivity contribution in [1.29, 1.82) is 0 Å². The molecule has 0 radical (unpaired) electrons. The van der Waals surface area contributed by atoms with Crippen LogP contribution in [0, 0.1) is 12.7 Å². The highest BCUT2D eigenvalue weighted by Crippen LogP contribution is 2.25. The molecule has 0 atom stereocenters. The minimum atomic E-state index is -0.540. The number of carbonyl (C=O) groups excluding carboxylic acids is 1. The van der Waals surface area contributed by atoms with E-state index in [1.54, 1.807) is 18.2 Å². The van der Waals surface area contributed by atoms with Crippen LogP contribution in [0.5, 0.6) is 5.75 Å². The molecule has 0 saturated heterocycles. The van der Waals surface area contributed by atoms with Crippen molar-refractivity contribution in [2.75, 3.05) is 6.61 Å². The zero-order valence-corrected chi connectivity index (χ0v) is 12.8. The highest BCUT2D eigenvalue weighted by atomic mass is 79.9. The number of halogens is 2. The van der Waals surface area contributed by atoms with Crippen molar-refractivity contribution < 1.29 is 13.9 Å². The second-order valence-electron chi connectivity index (χ2n) is 4.39. The van der Waals surface area contributed by atoms with Gasteiger partial charge in [-0.3, -0.25) is 4.79 Å². The van der Waals surface area contributed by atoms with Gasteiger partial charge in [-0.15, -0.1) is 0 Å². The highest BCUT2D eigenvalue weighted by Gasteiger charge is 2.18. The molecule has 2 nitrogen and oxygen atoms in total. The van der Waals surface area contributed by atoms with Crippen LogP contribution in [0.1, 0.15) is 28.4 Å². The number of carbonyl (C=O) groups is 1. The van der Waals surface area contributed by atoms with Crippen LogP contribution in [0.3, 0.4) is 0 Å². The van der Waals surface area contributed by atoms with E-state index in [1.807, 2.05) is 19.9 Å². The maximum Gasteiger partial charge on any atom is 0.199 e. The first-order valence-corrected chi connectivity index (χ1v) is 7.05. The van der Waals surface area contributed by atoms with Gasteiger partial charge in [-0.05, 0) is 44.2 Å². The average Bonchev–Trinajstić information content (AvgIpc) is 2.43. The van der Waals surface area contributed by atoms with Gasteiger partial charge in [-0.25, -0.2) is 4.39 Å². The number of hydrogen-bond acceptors (Lipinski definition) is 2. The SMILES string of the molecule is CCOc1ccc(C)cc1C(=O)c1cc(Br)ccc1F. The first kappa shape index (κ1) is 14.7. The Morgan fingerprint density at radius 1 is 1.20 bits per heavy atom. The molecule has 2 aromatic carbocycles. The van der Waals surface area contributed by atoms with E-state index in [0.29, 0.717) is 22.4 Å². The highest BCUT2D eigenvalue weighted by molar-refractivity contribution is 9.10. The fraction of sp³-hybridized carbons (Fsp3) is 0.188. The van der Waals surface area contributed by atoms with E-state index in [4.69, 9.17) is 4.74 Å². The van der Waals surface area contributed by atoms with Crippen molar-refractivity contribution in [3.05, 3.63) is 63.4 Å². The van der Waals surface area contributed by atoms with Crippen molar-refractivity contribution in [3.63, 3.8) is 0 Å². The molecular weight excluding hydrogens is 323 g/mol. The molecule has 2 aromatic rings. The number of hydrogen-bond donors (Lipinski definition) is 0. The third-order valence-electron chi connectivity index (χ3n) is 2.85. The summed E-state index contributed by atoms with van der Waals surface area (Å²) in [6.07, 6.45) is 0. The predicted molar refractivity (Wildman–Crippen MR) is 79.9 cm³/mol. The van der Waals surface area contributed by atoms with Gasteiger partial charge in [0.15, 0.2) is 5.78 Å². The molecule has 0 bridgehead atoms. The monoisotopic (exact) mass is 336 g/mol. The summed E-state index contributed by atoms with van der Waals surface area (Å²) in [5.41, 5.74) is 1.34. The second kappa shape index (κ2) is 6.18. The van der Waals surface area contributed by atoms with Crippen molar-refractivity contribution in [1.82, 2.24) is 0 Å². The van der Waals surface area contributed by atoms with Crippen LogP contribution in [-0.2, 0) is 0 Å². The van der Waals surface area contributed by atoms with Gasteiger partial charge in [0.05, 0.1) is 17.7 Å². The Bertz CT molecular complexity index is 653. The van der Waals surface area contributed by atoms with E-state index in [1.165, 1.54) is 12.1 Å². The minimum absolute atomic E-state index is 0.0333. The molecular formula is C16H14BrFO2. The molecule has 0 N–H and O–H groups in total. The fourth-order valence-corrected chi connectivity index (χ4v) is 2.28. The maximum absolute atomic E-state index is 13.8. The zero-order chi connectivity index (χ0) is 14.7. The lowest BCUT2D eigenvalue weighted by molar-refractivity contribution is 0.103. The maximum atomic E-state index is 13.8. The molecule has 2 rings (SSSR count). The lowest BCUT2D eigenvalue weighted by Crippen LogP contribution is -2.08. The molecule has 104 valence electrons. The fourth-order valence-electron chi connectivity index (χ4n) is 1.92. The zero-order valence-electron chi connectivity index (χ0n) is 11.2. The van der Waals surface area contributed by atoms with Gasteiger partial charge in [0.2, 0.25) is 0 Å². The summed E-state index contributed by atoms with van der Waals surface area (Å²) in [5.74, 6) is -0.444. The van der Waals surface area contributed by atoms with Crippen LogP contribution < -0.4 is 4.74 Å². The summed E-state index contributed by atoms with van der Waals surface area (Å²) in [7, 11) is 0. The summed E-state index contributed by atoms with van der Waals surface area (Å²) in [4.78, 5) is 12.5. The molecule has 0 aromatic heterocycles. The van der Waals surface area contributed by atoms with Crippen LogP contribution in [0.15, 0.2) is 40.9 Å². The van der Waals surface area contributed by atoms with Crippen LogP contribution in [-0.4, -0.2) is 12.4 Å². The number of rotatable bonds is 4. The normalized spacial score (nSPS) is 10.4. The van der Waals surface area contributed by atoms with Crippen LogP contribution in [0.4, 0.5) is 4.39 Å². The summed E-state index contributed by atoms with van der Waals surface area (Å²) in [5, 5.41) is 0. The van der Waals surface area contributed by atoms with Gasteiger partial charge in [0.1, 0.15) is 11.6 Å². The van der Waals surface area contributed by atoms with E-state index in [2.05, 4.69) is 15.9 Å². The molecule has 0 aliphatic carbocycles. The Kier molecular flexibility index (Phi) is 4.55. The summed E-state index contributed by atoms with van der Waals surface area (Å²) in [6, 6.07) is 9.63. The Labute approximate surface area is 125 Å². The summed E-state index contributed by atoms with van der Waals surface area (Å²) in [6.45, 7) is 4.17. The quantitative estimate of drug-likeness (QED) is 0.767. The molecule has 20 heavy (non-hydrogen) atoms. The molecule has 0 unspecified atom stereocenters. The van der Waals surface area contributed by atoms with Gasteiger partial charge in [0.25, 0.3) is 0 Å². The second-order valence-corrected chi connectivity index (χ2v) is 5.30. The third-order valence-corrected chi connectivity index (χ3v) is 3.35. The summed E-state index contributed by atoms with van der Waals surface area (Å²) < 4.78 is 20.0. The van der Waals surface area contributed by atoms with Crippen molar-refractivity contribution in [2.24, 2.45) is 0 Å². The van der Waals surface area contributed by atoms with E-state index in [0.717, 1.165) is 5.56 Å². The van der Waals surface area contributed by atoms with E-state index < -0.39 is 5.82 Å². The standard InChI is InChI=1S/C16H14BrFO2/c1-3-20-15-7-4-10(2)8-13(15)16(19)12-9-11(17)5-6-14(12)18/h4-9H,3H2,1-2H3. The number of ether oxygens (including phenoxy) is 1. The Balaban J connectivity index is 2.52. The van der Waals surface area contributed by atoms with Crippen molar-refractivity contribution in [3.8, 4) is 5.75 Å². The first-order chi connectivity index (χ1) is 9.52. The van der Waals surface area contributed by atoms with E-state index >= 15 is 0 Å².